The number of benzene rings is 1. The second-order valence-corrected chi connectivity index (χ2v) is 7.51. The topological polar surface area (TPSA) is 132 Å². The SMILES string of the molecule is Cc1cc([N+](=O)[O-])c(S(=O)(=O)NC2CCCC2C(N)=O)cc1C. The number of nitrogens with one attached hydrogen (secondary N) is 1. The van der Waals surface area contributed by atoms with Crippen LogP contribution in [0.4, 0.5) is 5.69 Å². The van der Waals surface area contributed by atoms with Crippen molar-refractivity contribution in [3.8, 4) is 0 Å². The first kappa shape index (κ1) is 17.4. The number of nitro benzene ring substituents is 1. The standard InChI is InChI=1S/C14H19N3O5S/c1-8-6-12(17(19)20)13(7-9(8)2)23(21,22)16-11-5-3-4-10(11)14(15)18/h6-7,10-11,16H,3-5H2,1-2H3,(H2,15,18). The highest BCUT2D eigenvalue weighted by atomic mass is 32.2. The Morgan fingerprint density at radius 1 is 1.30 bits per heavy atom. The lowest BCUT2D eigenvalue weighted by molar-refractivity contribution is -0.387. The van der Waals surface area contributed by atoms with Crippen LogP contribution in [0, 0.1) is 29.9 Å². The summed E-state index contributed by atoms with van der Waals surface area (Å²) < 4.78 is 27.6. The molecule has 0 spiro atoms. The number of carbonyl (C=O) groups excluding carboxylic acids is 1. The van der Waals surface area contributed by atoms with Crippen molar-refractivity contribution in [2.45, 2.75) is 44.0 Å². The van der Waals surface area contributed by atoms with E-state index in [-0.39, 0.29) is 4.90 Å². The highest BCUT2D eigenvalue weighted by Gasteiger charge is 2.36. The number of primary amides is 1. The number of aryl methyl sites for hydroxylation is 2. The van der Waals surface area contributed by atoms with Crippen LogP contribution in [0.25, 0.3) is 0 Å². The molecule has 3 N–H and O–H groups in total. The third kappa shape index (κ3) is 3.50. The number of carbonyl (C=O) groups is 1. The Kier molecular flexibility index (Phi) is 4.71. The number of amides is 1. The van der Waals surface area contributed by atoms with Gasteiger partial charge in [-0.15, -0.1) is 0 Å². The van der Waals surface area contributed by atoms with Crippen LogP contribution < -0.4 is 10.5 Å². The lowest BCUT2D eigenvalue weighted by atomic mass is 10.0. The second-order valence-electron chi connectivity index (χ2n) is 5.83. The van der Waals surface area contributed by atoms with Gasteiger partial charge in [-0.1, -0.05) is 6.42 Å². The van der Waals surface area contributed by atoms with E-state index in [1.165, 1.54) is 12.1 Å². The predicted molar refractivity (Wildman–Crippen MR) is 83.2 cm³/mol. The summed E-state index contributed by atoms with van der Waals surface area (Å²) in [5.41, 5.74) is 6.07. The molecule has 0 aliphatic heterocycles. The summed E-state index contributed by atoms with van der Waals surface area (Å²) in [5.74, 6) is -1.15. The Labute approximate surface area is 134 Å². The average Bonchev–Trinajstić information content (AvgIpc) is 2.88. The summed E-state index contributed by atoms with van der Waals surface area (Å²) in [5, 5.41) is 11.2. The van der Waals surface area contributed by atoms with Gasteiger partial charge in [-0.25, -0.2) is 13.1 Å². The Balaban J connectivity index is 2.42. The fourth-order valence-electron chi connectivity index (χ4n) is 2.84. The number of sulfonamides is 1. The number of nitro groups is 1. The van der Waals surface area contributed by atoms with Crippen LogP contribution in [0.2, 0.25) is 0 Å². The van der Waals surface area contributed by atoms with Crippen LogP contribution in [0.1, 0.15) is 30.4 Å². The molecule has 2 rings (SSSR count). The summed E-state index contributed by atoms with van der Waals surface area (Å²) in [6.45, 7) is 3.35. The van der Waals surface area contributed by atoms with Crippen molar-refractivity contribution in [1.29, 1.82) is 0 Å². The van der Waals surface area contributed by atoms with Gasteiger partial charge in [0.25, 0.3) is 5.69 Å². The first-order chi connectivity index (χ1) is 10.6. The van der Waals surface area contributed by atoms with Gasteiger partial charge in [0.1, 0.15) is 0 Å². The van der Waals surface area contributed by atoms with Crippen LogP contribution in [-0.2, 0) is 14.8 Å². The van der Waals surface area contributed by atoms with Gasteiger partial charge < -0.3 is 5.73 Å². The molecule has 0 aromatic heterocycles. The molecule has 1 aromatic rings. The maximum Gasteiger partial charge on any atom is 0.289 e. The fourth-order valence-corrected chi connectivity index (χ4v) is 4.39. The van der Waals surface area contributed by atoms with Crippen molar-refractivity contribution >= 4 is 21.6 Å². The summed E-state index contributed by atoms with van der Waals surface area (Å²) in [4.78, 5) is 21.5. The van der Waals surface area contributed by atoms with Gasteiger partial charge in [-0.3, -0.25) is 14.9 Å². The highest BCUT2D eigenvalue weighted by molar-refractivity contribution is 7.89. The number of hydrogen-bond acceptors (Lipinski definition) is 5. The van der Waals surface area contributed by atoms with Gasteiger partial charge in [0.2, 0.25) is 15.9 Å². The van der Waals surface area contributed by atoms with Crippen molar-refractivity contribution in [1.82, 2.24) is 4.72 Å². The van der Waals surface area contributed by atoms with Crippen LogP contribution >= 0.6 is 0 Å². The molecule has 126 valence electrons. The maximum absolute atomic E-state index is 12.6. The Morgan fingerprint density at radius 2 is 1.91 bits per heavy atom. The van der Waals surface area contributed by atoms with Crippen molar-refractivity contribution in [3.63, 3.8) is 0 Å². The first-order valence-corrected chi connectivity index (χ1v) is 8.69. The Bertz CT molecular complexity index is 760. The zero-order valence-corrected chi connectivity index (χ0v) is 13.7. The molecular weight excluding hydrogens is 322 g/mol. The summed E-state index contributed by atoms with van der Waals surface area (Å²) >= 11 is 0. The van der Waals surface area contributed by atoms with Gasteiger partial charge in [0.05, 0.1) is 10.8 Å². The number of nitrogens with two attached hydrogens (primary N) is 1. The minimum Gasteiger partial charge on any atom is -0.369 e. The van der Waals surface area contributed by atoms with E-state index >= 15 is 0 Å². The molecule has 1 aliphatic rings. The van der Waals surface area contributed by atoms with Crippen LogP contribution in [-0.4, -0.2) is 25.3 Å². The quantitative estimate of drug-likeness (QED) is 0.612. The van der Waals surface area contributed by atoms with Crippen LogP contribution in [0.15, 0.2) is 17.0 Å². The summed E-state index contributed by atoms with van der Waals surface area (Å²) in [6, 6.07) is 1.90. The monoisotopic (exact) mass is 341 g/mol. The van der Waals surface area contributed by atoms with E-state index in [2.05, 4.69) is 4.72 Å². The summed E-state index contributed by atoms with van der Waals surface area (Å²) in [7, 11) is -4.12. The van der Waals surface area contributed by atoms with E-state index in [0.29, 0.717) is 30.4 Å². The minimum atomic E-state index is -4.12. The molecule has 2 unspecified atom stereocenters. The van der Waals surface area contributed by atoms with Gasteiger partial charge in [-0.2, -0.15) is 0 Å². The Hall–Kier alpha value is -2.00. The normalized spacial score (nSPS) is 21.3. The van der Waals surface area contributed by atoms with E-state index in [1.807, 2.05) is 0 Å². The summed E-state index contributed by atoms with van der Waals surface area (Å²) in [6.07, 6.45) is 1.67. The molecule has 0 heterocycles. The van der Waals surface area contributed by atoms with Crippen LogP contribution in [0.5, 0.6) is 0 Å². The Morgan fingerprint density at radius 3 is 2.48 bits per heavy atom. The molecule has 0 saturated heterocycles. The molecule has 0 bridgehead atoms. The smallest absolute Gasteiger partial charge is 0.289 e. The number of nitrogens with zero attached hydrogens (tertiary/aromatic N) is 1. The molecule has 1 aliphatic carbocycles. The maximum atomic E-state index is 12.6. The zero-order chi connectivity index (χ0) is 17.4. The molecule has 1 amide bonds. The van der Waals surface area contributed by atoms with E-state index in [1.54, 1.807) is 13.8 Å². The molecule has 0 radical (unpaired) electrons. The van der Waals surface area contributed by atoms with Gasteiger partial charge in [0.15, 0.2) is 4.90 Å². The molecule has 2 atom stereocenters. The first-order valence-electron chi connectivity index (χ1n) is 7.21. The minimum absolute atomic E-state index is 0.388. The van der Waals surface area contributed by atoms with E-state index < -0.39 is 38.5 Å². The second kappa shape index (κ2) is 6.25. The highest BCUT2D eigenvalue weighted by Crippen LogP contribution is 2.30. The fraction of sp³-hybridized carbons (Fsp3) is 0.500. The van der Waals surface area contributed by atoms with E-state index in [0.717, 1.165) is 0 Å². The zero-order valence-electron chi connectivity index (χ0n) is 12.9. The van der Waals surface area contributed by atoms with Crippen molar-refractivity contribution in [3.05, 3.63) is 33.4 Å². The molecule has 9 heteroatoms. The van der Waals surface area contributed by atoms with Gasteiger partial charge >= 0.3 is 0 Å². The number of rotatable bonds is 5. The van der Waals surface area contributed by atoms with Crippen LogP contribution in [0.3, 0.4) is 0 Å². The van der Waals surface area contributed by atoms with Crippen molar-refractivity contribution < 1.29 is 18.1 Å². The van der Waals surface area contributed by atoms with E-state index in [9.17, 15) is 23.3 Å². The van der Waals surface area contributed by atoms with E-state index in [4.69, 9.17) is 5.73 Å². The number of hydrogen-bond donors (Lipinski definition) is 2. The third-order valence-corrected chi connectivity index (χ3v) is 5.77. The van der Waals surface area contributed by atoms with Crippen molar-refractivity contribution in [2.75, 3.05) is 0 Å². The molecular formula is C14H19N3O5S. The largest absolute Gasteiger partial charge is 0.369 e. The third-order valence-electron chi connectivity index (χ3n) is 4.25. The molecule has 1 aromatic carbocycles. The lowest BCUT2D eigenvalue weighted by Gasteiger charge is -2.18. The predicted octanol–water partition coefficient (Wildman–Crippen LogP) is 1.14. The molecule has 8 nitrogen and oxygen atoms in total. The van der Waals surface area contributed by atoms with Gasteiger partial charge in [-0.05, 0) is 43.9 Å². The lowest BCUT2D eigenvalue weighted by Crippen LogP contribution is -2.42. The molecule has 1 fully saturated rings. The molecule has 23 heavy (non-hydrogen) atoms. The van der Waals surface area contributed by atoms with Crippen molar-refractivity contribution in [2.24, 2.45) is 11.7 Å². The molecule has 1 saturated carbocycles. The van der Waals surface area contributed by atoms with Gasteiger partial charge in [0, 0.05) is 12.1 Å². The average molecular weight is 341 g/mol.